The highest BCUT2D eigenvalue weighted by Crippen LogP contribution is 2.44. The van der Waals surface area contributed by atoms with Gasteiger partial charge in [-0.2, -0.15) is 13.8 Å². The number of hydrogen-bond acceptors (Lipinski definition) is 9. The van der Waals surface area contributed by atoms with Crippen LogP contribution in [0.15, 0.2) is 90.0 Å². The first-order valence-corrected chi connectivity index (χ1v) is 20.7. The van der Waals surface area contributed by atoms with E-state index in [2.05, 4.69) is 88.2 Å². The van der Waals surface area contributed by atoms with Crippen LogP contribution in [0.5, 0.6) is 0 Å². The SMILES string of the molecule is CC/C=C\C/C=C\C/C=C\C/C=C\C/C=C\C/C=C\CCC(=O)NCCNP(=O)(NCC(=O)OCC)OC[C@H]1O[C@@H](n2ccc(I)nc2=O)C(F)(F)[C@@H]1O. The second kappa shape index (κ2) is 26.6. The Labute approximate surface area is 329 Å². The van der Waals surface area contributed by atoms with Crippen LogP contribution in [0, 0.1) is 3.70 Å². The number of ether oxygens (including phenoxy) is 2. The van der Waals surface area contributed by atoms with E-state index in [9.17, 15) is 32.8 Å². The maximum Gasteiger partial charge on any atom is 0.350 e. The fourth-order valence-corrected chi connectivity index (χ4v) is 6.49. The Bertz CT molecular complexity index is 1580. The summed E-state index contributed by atoms with van der Waals surface area (Å²) in [6, 6.07) is 1.32. The van der Waals surface area contributed by atoms with Gasteiger partial charge in [0.15, 0.2) is 6.10 Å². The molecule has 0 aromatic carbocycles. The number of aliphatic hydroxyl groups excluding tert-OH is 1. The van der Waals surface area contributed by atoms with E-state index in [0.29, 0.717) is 11.0 Å². The van der Waals surface area contributed by atoms with Crippen LogP contribution < -0.4 is 21.2 Å². The molecule has 13 nitrogen and oxygen atoms in total. The summed E-state index contributed by atoms with van der Waals surface area (Å²) >= 11 is 1.75. The molecule has 1 saturated heterocycles. The molecule has 54 heavy (non-hydrogen) atoms. The zero-order valence-electron chi connectivity index (χ0n) is 30.8. The third kappa shape index (κ3) is 18.5. The third-order valence-corrected chi connectivity index (χ3v) is 9.82. The number of nitrogens with one attached hydrogen (secondary N) is 3. The van der Waals surface area contributed by atoms with E-state index in [4.69, 9.17) is 14.0 Å². The number of aromatic nitrogens is 2. The molecule has 0 spiro atoms. The fourth-order valence-electron chi connectivity index (χ4n) is 4.73. The molecule has 0 saturated carbocycles. The molecule has 0 aliphatic carbocycles. The lowest BCUT2D eigenvalue weighted by molar-refractivity contribution is -0.141. The lowest BCUT2D eigenvalue weighted by atomic mass is 10.1. The number of nitrogens with zero attached hydrogens (tertiary/aromatic N) is 2. The molecule has 1 fully saturated rings. The molecular formula is C37H53F2IN5O8P. The van der Waals surface area contributed by atoms with E-state index in [-0.39, 0.29) is 35.7 Å². The average molecular weight is 892 g/mol. The quantitative estimate of drug-likeness (QED) is 0.0209. The number of amides is 1. The lowest BCUT2D eigenvalue weighted by Crippen LogP contribution is -2.42. The van der Waals surface area contributed by atoms with Crippen molar-refractivity contribution in [3.05, 3.63) is 99.4 Å². The summed E-state index contributed by atoms with van der Waals surface area (Å²) in [4.78, 5) is 40.0. The summed E-state index contributed by atoms with van der Waals surface area (Å²) in [5.74, 6) is -4.92. The molecule has 1 aromatic heterocycles. The van der Waals surface area contributed by atoms with Crippen molar-refractivity contribution in [1.29, 1.82) is 0 Å². The van der Waals surface area contributed by atoms with Gasteiger partial charge in [-0.1, -0.05) is 79.8 Å². The highest BCUT2D eigenvalue weighted by atomic mass is 127. The first kappa shape index (κ1) is 47.0. The van der Waals surface area contributed by atoms with E-state index in [0.717, 1.165) is 44.7 Å². The lowest BCUT2D eigenvalue weighted by Gasteiger charge is -2.23. The number of esters is 1. The van der Waals surface area contributed by atoms with Crippen LogP contribution in [0.3, 0.4) is 0 Å². The van der Waals surface area contributed by atoms with Crippen LogP contribution in [0.4, 0.5) is 8.78 Å². The molecular weight excluding hydrogens is 838 g/mol. The largest absolute Gasteiger partial charge is 0.465 e. The van der Waals surface area contributed by atoms with Crippen LogP contribution >= 0.6 is 30.3 Å². The van der Waals surface area contributed by atoms with Crippen molar-refractivity contribution < 1.29 is 42.0 Å². The summed E-state index contributed by atoms with van der Waals surface area (Å²) in [6.07, 6.45) is 26.3. The zero-order chi connectivity index (χ0) is 39.7. The van der Waals surface area contributed by atoms with Gasteiger partial charge in [-0.25, -0.2) is 15.0 Å². The van der Waals surface area contributed by atoms with Crippen molar-refractivity contribution in [2.75, 3.05) is 32.8 Å². The van der Waals surface area contributed by atoms with Crippen LogP contribution in [-0.4, -0.2) is 77.5 Å². The van der Waals surface area contributed by atoms with Crippen molar-refractivity contribution in [3.63, 3.8) is 0 Å². The molecule has 0 radical (unpaired) electrons. The Morgan fingerprint density at radius 1 is 0.963 bits per heavy atom. The normalized spacial score (nSPS) is 20.0. The number of carbonyl (C=O) groups excluding carboxylic acids is 2. The van der Waals surface area contributed by atoms with E-state index in [1.165, 1.54) is 6.07 Å². The number of halogens is 3. The third-order valence-electron chi connectivity index (χ3n) is 7.49. The van der Waals surface area contributed by atoms with Gasteiger partial charge < -0.3 is 24.4 Å². The summed E-state index contributed by atoms with van der Waals surface area (Å²) in [6.45, 7) is 2.36. The van der Waals surface area contributed by atoms with Crippen LogP contribution in [0.2, 0.25) is 0 Å². The van der Waals surface area contributed by atoms with Gasteiger partial charge in [0.05, 0.1) is 13.2 Å². The Morgan fingerprint density at radius 3 is 2.09 bits per heavy atom. The molecule has 1 unspecified atom stereocenters. The van der Waals surface area contributed by atoms with Crippen LogP contribution in [-0.2, 0) is 28.2 Å². The minimum atomic E-state index is -4.14. The minimum absolute atomic E-state index is 0.0302. The summed E-state index contributed by atoms with van der Waals surface area (Å²) in [5.41, 5.74) is -1.01. The van der Waals surface area contributed by atoms with Crippen molar-refractivity contribution in [1.82, 2.24) is 25.0 Å². The van der Waals surface area contributed by atoms with E-state index in [1.54, 1.807) is 29.5 Å². The molecule has 2 rings (SSSR count). The Morgan fingerprint density at radius 2 is 1.54 bits per heavy atom. The van der Waals surface area contributed by atoms with Crippen molar-refractivity contribution in [3.8, 4) is 0 Å². The van der Waals surface area contributed by atoms with E-state index >= 15 is 0 Å². The summed E-state index contributed by atoms with van der Waals surface area (Å²) in [5, 5.41) is 18.0. The molecule has 4 atom stereocenters. The first-order valence-electron chi connectivity index (χ1n) is 18.0. The van der Waals surface area contributed by atoms with Crippen LogP contribution in [0.25, 0.3) is 0 Å². The summed E-state index contributed by atoms with van der Waals surface area (Å²) < 4.78 is 59.7. The number of allylic oxidation sites excluding steroid dienone is 12. The standard InChI is InChI=1S/C37H53F2IN5O8P/c1-3-5-6-7-8-9-10-11-12-13-14-15-16-17-18-19-20-21-22-23-32(46)41-25-26-42-54(50,43-28-33(47)51-4-2)52-29-30-34(48)37(38,39)35(53-30)45-27-24-31(40)44-36(45)49/h5-6,8-9,11-12,14-15,17-18,20-21,24,27,30,34-35,48H,3-4,7,10,13,16,19,22-23,25-26,28-29H2,1-2H3,(H,41,46)(H2,42,43,50)/b6-5-,9-8-,12-11-,15-14-,18-17-,21-20-/t30-,34-,35-,54?/m1/s1. The number of aliphatic hydroxyl groups is 1. The van der Waals surface area contributed by atoms with Crippen molar-refractivity contribution in [2.45, 2.75) is 89.6 Å². The molecule has 1 aliphatic heterocycles. The number of carbonyl (C=O) groups is 2. The topological polar surface area (TPSA) is 170 Å². The monoisotopic (exact) mass is 891 g/mol. The van der Waals surface area contributed by atoms with Gasteiger partial charge >= 0.3 is 25.3 Å². The highest BCUT2D eigenvalue weighted by Gasteiger charge is 2.60. The molecule has 17 heteroatoms. The molecule has 1 amide bonds. The predicted molar refractivity (Wildman–Crippen MR) is 213 cm³/mol. The van der Waals surface area contributed by atoms with Gasteiger partial charge in [-0.3, -0.25) is 18.7 Å². The van der Waals surface area contributed by atoms with Crippen molar-refractivity contribution >= 4 is 42.1 Å². The molecule has 300 valence electrons. The van der Waals surface area contributed by atoms with E-state index in [1.807, 2.05) is 12.2 Å². The molecule has 2 heterocycles. The maximum atomic E-state index is 15.0. The Balaban J connectivity index is 1.72. The van der Waals surface area contributed by atoms with Gasteiger partial charge in [0, 0.05) is 25.7 Å². The molecule has 1 aliphatic rings. The fraction of sp³-hybridized carbons (Fsp3) is 0.514. The minimum Gasteiger partial charge on any atom is -0.465 e. The molecule has 1 aromatic rings. The van der Waals surface area contributed by atoms with Crippen LogP contribution in [0.1, 0.15) is 71.4 Å². The van der Waals surface area contributed by atoms with Gasteiger partial charge in [0.2, 0.25) is 12.1 Å². The zero-order valence-corrected chi connectivity index (χ0v) is 33.8. The smallest absolute Gasteiger partial charge is 0.350 e. The summed E-state index contributed by atoms with van der Waals surface area (Å²) in [7, 11) is -4.14. The van der Waals surface area contributed by atoms with Gasteiger partial charge in [0.1, 0.15) is 16.3 Å². The second-order valence-corrected chi connectivity index (χ2v) is 14.9. The Kier molecular flexibility index (Phi) is 23.2. The van der Waals surface area contributed by atoms with E-state index < -0.39 is 56.8 Å². The average Bonchev–Trinajstić information content (AvgIpc) is 3.36. The number of alkyl halides is 2. The van der Waals surface area contributed by atoms with Gasteiger partial charge in [-0.05, 0) is 80.5 Å². The number of rotatable bonds is 26. The predicted octanol–water partition coefficient (Wildman–Crippen LogP) is 6.20. The van der Waals surface area contributed by atoms with Gasteiger partial charge in [0.25, 0.3) is 0 Å². The molecule has 4 N–H and O–H groups in total. The second-order valence-electron chi connectivity index (χ2n) is 11.8. The number of hydrogen-bond donors (Lipinski definition) is 4. The Hall–Kier alpha value is -3.12. The van der Waals surface area contributed by atoms with Gasteiger partial charge in [-0.15, -0.1) is 0 Å². The maximum absolute atomic E-state index is 15.0. The molecule has 0 bridgehead atoms. The van der Waals surface area contributed by atoms with Crippen molar-refractivity contribution in [2.24, 2.45) is 0 Å². The first-order chi connectivity index (χ1) is 25.9. The highest BCUT2D eigenvalue weighted by molar-refractivity contribution is 14.1.